The molecule has 3 N–H and O–H groups in total. The minimum absolute atomic E-state index is 0.208. The second-order valence-electron chi connectivity index (χ2n) is 5.25. The molecule has 3 rings (SSSR count). The van der Waals surface area contributed by atoms with E-state index in [1.165, 1.54) is 6.07 Å². The summed E-state index contributed by atoms with van der Waals surface area (Å²) in [5.41, 5.74) is 1.40. The third kappa shape index (κ3) is 3.61. The van der Waals surface area contributed by atoms with Gasteiger partial charge in [-0.2, -0.15) is 0 Å². The Morgan fingerprint density at radius 2 is 1.88 bits per heavy atom. The maximum atomic E-state index is 12.1. The molecule has 6 heteroatoms. The fourth-order valence-corrected chi connectivity index (χ4v) is 2.39. The molecule has 0 fully saturated rings. The zero-order chi connectivity index (χ0) is 16.9. The second-order valence-corrected chi connectivity index (χ2v) is 5.25. The van der Waals surface area contributed by atoms with Gasteiger partial charge in [-0.25, -0.2) is 9.59 Å². The third-order valence-corrected chi connectivity index (χ3v) is 3.57. The highest BCUT2D eigenvalue weighted by Gasteiger charge is 2.13. The Labute approximate surface area is 137 Å². The monoisotopic (exact) mass is 324 g/mol. The van der Waals surface area contributed by atoms with Crippen molar-refractivity contribution < 1.29 is 14.3 Å². The van der Waals surface area contributed by atoms with Crippen LogP contribution in [0, 0.1) is 0 Å². The van der Waals surface area contributed by atoms with Crippen molar-refractivity contribution in [2.75, 3.05) is 11.9 Å². The number of nitrogens with one attached hydrogen (secondary N) is 2. The van der Waals surface area contributed by atoms with E-state index in [0.29, 0.717) is 16.7 Å². The molecular weight excluding hydrogens is 308 g/mol. The first-order valence-corrected chi connectivity index (χ1v) is 7.43. The van der Waals surface area contributed by atoms with Gasteiger partial charge < -0.3 is 20.2 Å². The number of aliphatic hydroxyl groups excluding tert-OH is 1. The Balaban J connectivity index is 1.72. The molecular formula is C18H16N2O4. The highest BCUT2D eigenvalue weighted by atomic mass is 16.4. The number of hydrogen-bond donors (Lipinski definition) is 3. The van der Waals surface area contributed by atoms with E-state index in [9.17, 15) is 14.7 Å². The standard InChI is InChI=1S/C18H16N2O4/c21-11-15(12-4-2-1-3-5-12)20-18(23)19-14-7-8-16-13(10-14)6-9-17(22)24-16/h1-10,15,21H,11H2,(H2,19,20,23)/t15-/m1/s1. The van der Waals surface area contributed by atoms with Gasteiger partial charge in [-0.1, -0.05) is 30.3 Å². The van der Waals surface area contributed by atoms with Gasteiger partial charge in [0, 0.05) is 17.1 Å². The molecule has 0 aliphatic heterocycles. The predicted molar refractivity (Wildman–Crippen MR) is 90.9 cm³/mol. The lowest BCUT2D eigenvalue weighted by Crippen LogP contribution is -2.34. The Bertz CT molecular complexity index is 906. The first-order chi connectivity index (χ1) is 11.7. The van der Waals surface area contributed by atoms with E-state index in [4.69, 9.17) is 4.42 Å². The smallest absolute Gasteiger partial charge is 0.336 e. The lowest BCUT2D eigenvalue weighted by molar-refractivity contribution is 0.225. The molecule has 0 bridgehead atoms. The molecule has 2 amide bonds. The van der Waals surface area contributed by atoms with Gasteiger partial charge >= 0.3 is 11.7 Å². The number of anilines is 1. The van der Waals surface area contributed by atoms with E-state index in [1.54, 1.807) is 24.3 Å². The molecule has 122 valence electrons. The average Bonchev–Trinajstić information content (AvgIpc) is 2.60. The summed E-state index contributed by atoms with van der Waals surface area (Å²) in [5.74, 6) is 0. The summed E-state index contributed by atoms with van der Waals surface area (Å²) in [6.45, 7) is -0.208. The van der Waals surface area contributed by atoms with Crippen molar-refractivity contribution in [1.29, 1.82) is 0 Å². The summed E-state index contributed by atoms with van der Waals surface area (Å²) >= 11 is 0. The molecule has 0 radical (unpaired) electrons. The summed E-state index contributed by atoms with van der Waals surface area (Å²) < 4.78 is 5.04. The Morgan fingerprint density at radius 1 is 1.08 bits per heavy atom. The second kappa shape index (κ2) is 6.97. The normalized spacial score (nSPS) is 11.9. The minimum atomic E-state index is -0.496. The quantitative estimate of drug-likeness (QED) is 0.643. The average molecular weight is 324 g/mol. The first-order valence-electron chi connectivity index (χ1n) is 7.43. The highest BCUT2D eigenvalue weighted by molar-refractivity contribution is 5.92. The molecule has 0 saturated carbocycles. The Hall–Kier alpha value is -3.12. The lowest BCUT2D eigenvalue weighted by Gasteiger charge is -2.17. The summed E-state index contributed by atoms with van der Waals surface area (Å²) in [4.78, 5) is 23.3. The zero-order valence-electron chi connectivity index (χ0n) is 12.7. The van der Waals surface area contributed by atoms with Crippen molar-refractivity contribution in [1.82, 2.24) is 5.32 Å². The fourth-order valence-electron chi connectivity index (χ4n) is 2.39. The number of urea groups is 1. The van der Waals surface area contributed by atoms with E-state index in [-0.39, 0.29) is 6.61 Å². The van der Waals surface area contributed by atoms with Crippen LogP contribution in [0.2, 0.25) is 0 Å². The van der Waals surface area contributed by atoms with Crippen molar-refractivity contribution in [3.05, 3.63) is 76.6 Å². The van der Waals surface area contributed by atoms with Gasteiger partial charge in [0.25, 0.3) is 0 Å². The SMILES string of the molecule is O=C(Nc1ccc2oc(=O)ccc2c1)N[C@H](CO)c1ccccc1. The molecule has 1 atom stereocenters. The van der Waals surface area contributed by atoms with Gasteiger partial charge in [0.1, 0.15) is 5.58 Å². The van der Waals surface area contributed by atoms with Crippen molar-refractivity contribution in [2.45, 2.75) is 6.04 Å². The molecule has 2 aromatic carbocycles. The van der Waals surface area contributed by atoms with E-state index in [2.05, 4.69) is 10.6 Å². The van der Waals surface area contributed by atoms with Gasteiger partial charge in [-0.15, -0.1) is 0 Å². The van der Waals surface area contributed by atoms with Crippen LogP contribution in [0.4, 0.5) is 10.5 Å². The van der Waals surface area contributed by atoms with Crippen molar-refractivity contribution in [2.24, 2.45) is 0 Å². The van der Waals surface area contributed by atoms with Crippen LogP contribution in [-0.4, -0.2) is 17.7 Å². The third-order valence-electron chi connectivity index (χ3n) is 3.57. The molecule has 0 aliphatic rings. The number of aliphatic hydroxyl groups is 1. The molecule has 3 aromatic rings. The maximum Gasteiger partial charge on any atom is 0.336 e. The van der Waals surface area contributed by atoms with Gasteiger partial charge in [-0.3, -0.25) is 0 Å². The molecule has 0 unspecified atom stereocenters. The summed E-state index contributed by atoms with van der Waals surface area (Å²) in [7, 11) is 0. The number of hydrogen-bond acceptors (Lipinski definition) is 4. The van der Waals surface area contributed by atoms with Crippen LogP contribution >= 0.6 is 0 Å². The van der Waals surface area contributed by atoms with E-state index in [0.717, 1.165) is 5.56 Å². The Morgan fingerprint density at radius 3 is 2.62 bits per heavy atom. The molecule has 6 nitrogen and oxygen atoms in total. The number of carbonyl (C=O) groups excluding carboxylic acids is 1. The van der Waals surface area contributed by atoms with Crippen LogP contribution in [0.3, 0.4) is 0 Å². The maximum absolute atomic E-state index is 12.1. The molecule has 24 heavy (non-hydrogen) atoms. The van der Waals surface area contributed by atoms with E-state index in [1.807, 2.05) is 30.3 Å². The van der Waals surface area contributed by atoms with Gasteiger partial charge in [0.2, 0.25) is 0 Å². The highest BCUT2D eigenvalue weighted by Crippen LogP contribution is 2.18. The summed E-state index contributed by atoms with van der Waals surface area (Å²) in [5, 5.41) is 15.6. The van der Waals surface area contributed by atoms with E-state index < -0.39 is 17.7 Å². The van der Waals surface area contributed by atoms with Crippen molar-refractivity contribution in [3.63, 3.8) is 0 Å². The number of carbonyl (C=O) groups is 1. The number of amides is 2. The van der Waals surface area contributed by atoms with Crippen molar-refractivity contribution in [3.8, 4) is 0 Å². The topological polar surface area (TPSA) is 91.6 Å². The van der Waals surface area contributed by atoms with Crippen LogP contribution < -0.4 is 16.3 Å². The molecule has 1 aromatic heterocycles. The molecule has 0 aliphatic carbocycles. The van der Waals surface area contributed by atoms with Crippen LogP contribution in [0.15, 0.2) is 69.9 Å². The van der Waals surface area contributed by atoms with E-state index >= 15 is 0 Å². The fraction of sp³-hybridized carbons (Fsp3) is 0.111. The Kier molecular flexibility index (Phi) is 4.58. The van der Waals surface area contributed by atoms with Crippen LogP contribution in [-0.2, 0) is 0 Å². The molecule has 0 spiro atoms. The number of fused-ring (bicyclic) bond motifs is 1. The summed E-state index contributed by atoms with van der Waals surface area (Å²) in [6, 6.07) is 16.2. The molecule has 1 heterocycles. The van der Waals surface area contributed by atoms with Gasteiger partial charge in [-0.05, 0) is 29.8 Å². The van der Waals surface area contributed by atoms with Crippen LogP contribution in [0.25, 0.3) is 11.0 Å². The summed E-state index contributed by atoms with van der Waals surface area (Å²) in [6.07, 6.45) is 0. The minimum Gasteiger partial charge on any atom is -0.423 e. The van der Waals surface area contributed by atoms with Crippen molar-refractivity contribution >= 4 is 22.7 Å². The van der Waals surface area contributed by atoms with Gasteiger partial charge in [0.05, 0.1) is 12.6 Å². The first kappa shape index (κ1) is 15.8. The van der Waals surface area contributed by atoms with Crippen LogP contribution in [0.1, 0.15) is 11.6 Å². The molecule has 0 saturated heterocycles. The largest absolute Gasteiger partial charge is 0.423 e. The zero-order valence-corrected chi connectivity index (χ0v) is 12.7. The van der Waals surface area contributed by atoms with Gasteiger partial charge in [0.15, 0.2) is 0 Å². The number of rotatable bonds is 4. The number of benzene rings is 2. The predicted octanol–water partition coefficient (Wildman–Crippen LogP) is 2.65. The van der Waals surface area contributed by atoms with Crippen LogP contribution in [0.5, 0.6) is 0 Å². The lowest BCUT2D eigenvalue weighted by atomic mass is 10.1.